The van der Waals surface area contributed by atoms with Gasteiger partial charge in [-0.2, -0.15) is 0 Å². The van der Waals surface area contributed by atoms with E-state index in [1.165, 1.54) is 4.90 Å². The Bertz CT molecular complexity index is 490. The van der Waals surface area contributed by atoms with Gasteiger partial charge in [-0.05, 0) is 24.6 Å². The number of carbonyl (C=O) groups is 2. The van der Waals surface area contributed by atoms with Crippen molar-refractivity contribution in [2.45, 2.75) is 13.0 Å². The van der Waals surface area contributed by atoms with Crippen LogP contribution in [0.4, 0.5) is 4.79 Å². The number of imide groups is 1. The van der Waals surface area contributed by atoms with Gasteiger partial charge in [0.25, 0.3) is 0 Å². The first-order valence-corrected chi connectivity index (χ1v) is 5.80. The van der Waals surface area contributed by atoms with Crippen LogP contribution in [0.15, 0.2) is 18.2 Å². The zero-order chi connectivity index (χ0) is 12.6. The molecule has 1 fully saturated rings. The van der Waals surface area contributed by atoms with E-state index in [0.717, 1.165) is 5.56 Å². The van der Waals surface area contributed by atoms with E-state index in [9.17, 15) is 9.59 Å². The molecule has 1 unspecified atom stereocenters. The van der Waals surface area contributed by atoms with Crippen molar-refractivity contribution in [1.29, 1.82) is 0 Å². The van der Waals surface area contributed by atoms with Gasteiger partial charge in [0.2, 0.25) is 5.91 Å². The summed E-state index contributed by atoms with van der Waals surface area (Å²) in [5.41, 5.74) is 0.765. The summed E-state index contributed by atoms with van der Waals surface area (Å²) in [4.78, 5) is 24.0. The predicted octanol–water partition coefficient (Wildman–Crippen LogP) is 2.61. The maximum atomic E-state index is 11.5. The largest absolute Gasteiger partial charge is 0.325 e. The van der Waals surface area contributed by atoms with Crippen LogP contribution >= 0.6 is 23.2 Å². The maximum absolute atomic E-state index is 11.5. The molecule has 1 atom stereocenters. The molecular formula is C11H10Cl2N2O2. The quantitative estimate of drug-likeness (QED) is 0.842. The number of amides is 3. The van der Waals surface area contributed by atoms with E-state index in [4.69, 9.17) is 23.2 Å². The van der Waals surface area contributed by atoms with Crippen molar-refractivity contribution in [1.82, 2.24) is 10.2 Å². The Morgan fingerprint density at radius 1 is 1.35 bits per heavy atom. The zero-order valence-electron chi connectivity index (χ0n) is 9.04. The first-order valence-electron chi connectivity index (χ1n) is 5.04. The average molecular weight is 273 g/mol. The summed E-state index contributed by atoms with van der Waals surface area (Å²) in [5, 5.41) is 3.25. The second kappa shape index (κ2) is 4.55. The molecule has 0 aliphatic carbocycles. The molecule has 1 saturated heterocycles. The summed E-state index contributed by atoms with van der Waals surface area (Å²) in [7, 11) is 0. The lowest BCUT2D eigenvalue weighted by Gasteiger charge is -2.23. The van der Waals surface area contributed by atoms with Crippen molar-refractivity contribution in [3.8, 4) is 0 Å². The van der Waals surface area contributed by atoms with Crippen LogP contribution < -0.4 is 5.32 Å². The molecule has 90 valence electrons. The van der Waals surface area contributed by atoms with Gasteiger partial charge in [-0.3, -0.25) is 10.1 Å². The SMILES string of the molecule is CC(c1ccc(Cl)cc1Cl)N1CC(=O)NC1=O. The average Bonchev–Trinajstić information content (AvgIpc) is 2.57. The maximum Gasteiger partial charge on any atom is 0.325 e. The number of halogens is 2. The second-order valence-electron chi connectivity index (χ2n) is 3.82. The fourth-order valence-corrected chi connectivity index (χ4v) is 2.34. The molecular weight excluding hydrogens is 263 g/mol. The minimum Gasteiger partial charge on any atom is -0.308 e. The summed E-state index contributed by atoms with van der Waals surface area (Å²) in [6, 6.07) is 4.41. The van der Waals surface area contributed by atoms with Crippen LogP contribution in [0.3, 0.4) is 0 Å². The Morgan fingerprint density at radius 2 is 2.06 bits per heavy atom. The van der Waals surface area contributed by atoms with E-state index in [-0.39, 0.29) is 18.5 Å². The van der Waals surface area contributed by atoms with Gasteiger partial charge in [0.15, 0.2) is 0 Å². The van der Waals surface area contributed by atoms with Crippen LogP contribution in [-0.4, -0.2) is 23.4 Å². The van der Waals surface area contributed by atoms with Crippen molar-refractivity contribution >= 4 is 35.1 Å². The topological polar surface area (TPSA) is 49.4 Å². The summed E-state index contributed by atoms with van der Waals surface area (Å²) in [6.45, 7) is 1.87. The third kappa shape index (κ3) is 2.37. The van der Waals surface area contributed by atoms with Gasteiger partial charge in [0.1, 0.15) is 6.54 Å². The smallest absolute Gasteiger partial charge is 0.308 e. The summed E-state index contributed by atoms with van der Waals surface area (Å²) >= 11 is 11.9. The molecule has 17 heavy (non-hydrogen) atoms. The van der Waals surface area contributed by atoms with Crippen molar-refractivity contribution in [3.63, 3.8) is 0 Å². The van der Waals surface area contributed by atoms with Crippen molar-refractivity contribution < 1.29 is 9.59 Å². The van der Waals surface area contributed by atoms with Gasteiger partial charge in [-0.15, -0.1) is 0 Å². The van der Waals surface area contributed by atoms with Crippen LogP contribution in [0.2, 0.25) is 10.0 Å². The lowest BCUT2D eigenvalue weighted by molar-refractivity contribution is -0.118. The van der Waals surface area contributed by atoms with Gasteiger partial charge < -0.3 is 4.90 Å². The molecule has 0 aromatic heterocycles. The molecule has 1 aliphatic heterocycles. The lowest BCUT2D eigenvalue weighted by Crippen LogP contribution is -2.30. The first kappa shape index (κ1) is 12.2. The molecule has 1 N–H and O–H groups in total. The van der Waals surface area contributed by atoms with Crippen molar-refractivity contribution in [3.05, 3.63) is 33.8 Å². The van der Waals surface area contributed by atoms with E-state index in [2.05, 4.69) is 5.32 Å². The predicted molar refractivity (Wildman–Crippen MR) is 65.1 cm³/mol. The summed E-state index contributed by atoms with van der Waals surface area (Å²) in [5.74, 6) is -0.299. The van der Waals surface area contributed by atoms with E-state index in [1.807, 2.05) is 6.92 Å². The van der Waals surface area contributed by atoms with Crippen LogP contribution in [0.25, 0.3) is 0 Å². The normalized spacial score (nSPS) is 17.2. The highest BCUT2D eigenvalue weighted by molar-refractivity contribution is 6.35. The Kier molecular flexibility index (Phi) is 3.26. The van der Waals surface area contributed by atoms with Crippen molar-refractivity contribution in [2.75, 3.05) is 6.54 Å². The Labute approximate surface area is 108 Å². The Balaban J connectivity index is 2.28. The molecule has 0 saturated carbocycles. The molecule has 0 bridgehead atoms. The van der Waals surface area contributed by atoms with Gasteiger partial charge >= 0.3 is 6.03 Å². The van der Waals surface area contributed by atoms with E-state index in [0.29, 0.717) is 10.0 Å². The zero-order valence-corrected chi connectivity index (χ0v) is 10.5. The molecule has 0 radical (unpaired) electrons. The van der Waals surface area contributed by atoms with Crippen LogP contribution in [0, 0.1) is 0 Å². The second-order valence-corrected chi connectivity index (χ2v) is 4.67. The van der Waals surface area contributed by atoms with Crippen LogP contribution in [-0.2, 0) is 4.79 Å². The highest BCUT2D eigenvalue weighted by Gasteiger charge is 2.31. The van der Waals surface area contributed by atoms with E-state index < -0.39 is 6.03 Å². The third-order valence-electron chi connectivity index (χ3n) is 2.70. The molecule has 6 heteroatoms. The third-order valence-corrected chi connectivity index (χ3v) is 3.26. The summed E-state index contributed by atoms with van der Waals surface area (Å²) in [6.07, 6.45) is 0. The standard InChI is InChI=1S/C11H10Cl2N2O2/c1-6(15-5-10(16)14-11(15)17)8-3-2-7(12)4-9(8)13/h2-4,6H,5H2,1H3,(H,14,16,17). The molecule has 2 rings (SSSR count). The first-order chi connectivity index (χ1) is 7.99. The fourth-order valence-electron chi connectivity index (χ4n) is 1.78. The number of urea groups is 1. The molecule has 4 nitrogen and oxygen atoms in total. The molecule has 1 aliphatic rings. The molecule has 0 spiro atoms. The summed E-state index contributed by atoms with van der Waals surface area (Å²) < 4.78 is 0. The highest BCUT2D eigenvalue weighted by atomic mass is 35.5. The number of rotatable bonds is 2. The number of hydrogen-bond acceptors (Lipinski definition) is 2. The van der Waals surface area contributed by atoms with Crippen molar-refractivity contribution in [2.24, 2.45) is 0 Å². The fraction of sp³-hybridized carbons (Fsp3) is 0.273. The van der Waals surface area contributed by atoms with E-state index in [1.54, 1.807) is 18.2 Å². The van der Waals surface area contributed by atoms with Gasteiger partial charge in [0, 0.05) is 10.0 Å². The van der Waals surface area contributed by atoms with Crippen LogP contribution in [0.5, 0.6) is 0 Å². The number of nitrogens with one attached hydrogen (secondary N) is 1. The van der Waals surface area contributed by atoms with E-state index >= 15 is 0 Å². The van der Waals surface area contributed by atoms with Gasteiger partial charge in [-0.25, -0.2) is 4.79 Å². The number of hydrogen-bond donors (Lipinski definition) is 1. The Hall–Kier alpha value is -1.26. The minimum atomic E-state index is -0.395. The highest BCUT2D eigenvalue weighted by Crippen LogP contribution is 2.30. The number of carbonyl (C=O) groups excluding carboxylic acids is 2. The minimum absolute atomic E-state index is 0.0545. The monoisotopic (exact) mass is 272 g/mol. The number of benzene rings is 1. The molecule has 1 heterocycles. The van der Waals surface area contributed by atoms with Crippen LogP contribution in [0.1, 0.15) is 18.5 Å². The number of nitrogens with zero attached hydrogens (tertiary/aromatic N) is 1. The molecule has 3 amide bonds. The molecule has 1 aromatic rings. The van der Waals surface area contributed by atoms with Gasteiger partial charge in [0.05, 0.1) is 6.04 Å². The Morgan fingerprint density at radius 3 is 2.59 bits per heavy atom. The van der Waals surface area contributed by atoms with Gasteiger partial charge in [-0.1, -0.05) is 29.3 Å². The lowest BCUT2D eigenvalue weighted by atomic mass is 10.1. The molecule has 1 aromatic carbocycles.